The summed E-state index contributed by atoms with van der Waals surface area (Å²) in [5.74, 6) is -1.79. The number of rotatable bonds is 3. The van der Waals surface area contributed by atoms with Gasteiger partial charge in [0.15, 0.2) is 0 Å². The van der Waals surface area contributed by atoms with Crippen LogP contribution in [0.2, 0.25) is 0 Å². The topological polar surface area (TPSA) is 26.3 Å². The van der Waals surface area contributed by atoms with E-state index in [0.717, 1.165) is 12.8 Å². The van der Waals surface area contributed by atoms with Gasteiger partial charge in [-0.25, -0.2) is 9.18 Å². The molecule has 0 aromatic heterocycles. The summed E-state index contributed by atoms with van der Waals surface area (Å²) >= 11 is 0. The number of ether oxygens (including phenoxy) is 1. The number of carbonyl (C=O) groups is 1. The molecule has 0 spiro atoms. The second kappa shape index (κ2) is 4.59. The van der Waals surface area contributed by atoms with Gasteiger partial charge >= 0.3 is 12.1 Å². The Morgan fingerprint density at radius 1 is 1.33 bits per heavy atom. The van der Waals surface area contributed by atoms with Crippen LogP contribution in [0.5, 0.6) is 0 Å². The van der Waals surface area contributed by atoms with Crippen LogP contribution in [0.4, 0.5) is 17.6 Å². The van der Waals surface area contributed by atoms with Crippen molar-refractivity contribution in [3.05, 3.63) is 35.1 Å². The van der Waals surface area contributed by atoms with Crippen LogP contribution < -0.4 is 0 Å². The Bertz CT molecular complexity index is 464. The van der Waals surface area contributed by atoms with E-state index in [1.54, 1.807) is 0 Å². The fourth-order valence-corrected chi connectivity index (χ4v) is 1.41. The summed E-state index contributed by atoms with van der Waals surface area (Å²) in [5.41, 5.74) is -1.74. The van der Waals surface area contributed by atoms with Crippen LogP contribution in [0, 0.1) is 11.7 Å². The maximum absolute atomic E-state index is 13.3. The van der Waals surface area contributed by atoms with E-state index >= 15 is 0 Å². The lowest BCUT2D eigenvalue weighted by atomic mass is 10.1. The number of benzene rings is 1. The zero-order valence-electron chi connectivity index (χ0n) is 9.26. The van der Waals surface area contributed by atoms with Crippen LogP contribution in [0.15, 0.2) is 18.2 Å². The Kier molecular flexibility index (Phi) is 3.28. The van der Waals surface area contributed by atoms with Gasteiger partial charge in [0, 0.05) is 0 Å². The zero-order chi connectivity index (χ0) is 13.3. The van der Waals surface area contributed by atoms with E-state index in [9.17, 15) is 22.4 Å². The highest BCUT2D eigenvalue weighted by Gasteiger charge is 2.32. The predicted octanol–water partition coefficient (Wildman–Crippen LogP) is 3.41. The SMILES string of the molecule is O=C(OCC1CC1)c1cc(C(F)(F)F)ccc1F. The minimum absolute atomic E-state index is 0.133. The molecule has 0 heterocycles. The molecule has 0 N–H and O–H groups in total. The van der Waals surface area contributed by atoms with Gasteiger partial charge < -0.3 is 4.74 Å². The van der Waals surface area contributed by atoms with Gasteiger partial charge in [-0.05, 0) is 37.0 Å². The molecular weight excluding hydrogens is 252 g/mol. The monoisotopic (exact) mass is 262 g/mol. The number of esters is 1. The molecule has 1 fully saturated rings. The minimum Gasteiger partial charge on any atom is -0.462 e. The van der Waals surface area contributed by atoms with Crippen molar-refractivity contribution in [2.45, 2.75) is 19.0 Å². The highest BCUT2D eigenvalue weighted by Crippen LogP contribution is 2.31. The van der Waals surface area contributed by atoms with E-state index in [4.69, 9.17) is 4.74 Å². The molecule has 0 aliphatic heterocycles. The van der Waals surface area contributed by atoms with Crippen LogP contribution in [-0.4, -0.2) is 12.6 Å². The zero-order valence-corrected chi connectivity index (χ0v) is 9.26. The molecule has 98 valence electrons. The van der Waals surface area contributed by atoms with Crippen molar-refractivity contribution in [3.8, 4) is 0 Å². The van der Waals surface area contributed by atoms with Crippen molar-refractivity contribution in [2.24, 2.45) is 5.92 Å². The number of halogens is 4. The number of hydrogen-bond donors (Lipinski definition) is 0. The Balaban J connectivity index is 2.16. The Morgan fingerprint density at radius 3 is 2.56 bits per heavy atom. The first kappa shape index (κ1) is 12.9. The molecule has 6 heteroatoms. The maximum Gasteiger partial charge on any atom is 0.416 e. The molecule has 2 rings (SSSR count). The number of carbonyl (C=O) groups excluding carboxylic acids is 1. The fraction of sp³-hybridized carbons (Fsp3) is 0.417. The van der Waals surface area contributed by atoms with Crippen molar-refractivity contribution >= 4 is 5.97 Å². The van der Waals surface area contributed by atoms with Crippen LogP contribution in [0.1, 0.15) is 28.8 Å². The molecule has 1 aromatic carbocycles. The van der Waals surface area contributed by atoms with Gasteiger partial charge in [-0.15, -0.1) is 0 Å². The predicted molar refractivity (Wildman–Crippen MR) is 54.4 cm³/mol. The summed E-state index contributed by atoms with van der Waals surface area (Å²) in [6.07, 6.45) is -2.75. The molecule has 0 radical (unpaired) electrons. The summed E-state index contributed by atoms with van der Waals surface area (Å²) in [6.45, 7) is 0.133. The Hall–Kier alpha value is -1.59. The standard InChI is InChI=1S/C12H10F4O2/c13-10-4-3-8(12(14,15)16)5-9(10)11(17)18-6-7-1-2-7/h3-5,7H,1-2,6H2. The van der Waals surface area contributed by atoms with E-state index in [0.29, 0.717) is 18.2 Å². The highest BCUT2D eigenvalue weighted by atomic mass is 19.4. The van der Waals surface area contributed by atoms with E-state index in [2.05, 4.69) is 0 Å². The first-order valence-corrected chi connectivity index (χ1v) is 5.42. The Morgan fingerprint density at radius 2 is 2.00 bits per heavy atom. The van der Waals surface area contributed by atoms with E-state index < -0.39 is 29.1 Å². The van der Waals surface area contributed by atoms with Crippen LogP contribution >= 0.6 is 0 Å². The lowest BCUT2D eigenvalue weighted by molar-refractivity contribution is -0.137. The molecule has 1 aliphatic rings. The molecular formula is C12H10F4O2. The van der Waals surface area contributed by atoms with Gasteiger partial charge in [-0.1, -0.05) is 0 Å². The van der Waals surface area contributed by atoms with Crippen molar-refractivity contribution < 1.29 is 27.1 Å². The van der Waals surface area contributed by atoms with Crippen molar-refractivity contribution in [1.29, 1.82) is 0 Å². The molecule has 2 nitrogen and oxygen atoms in total. The Labute approximate surface area is 101 Å². The molecule has 1 saturated carbocycles. The first-order valence-electron chi connectivity index (χ1n) is 5.42. The molecule has 1 aliphatic carbocycles. The maximum atomic E-state index is 13.3. The van der Waals surface area contributed by atoms with E-state index in [-0.39, 0.29) is 12.5 Å². The molecule has 18 heavy (non-hydrogen) atoms. The largest absolute Gasteiger partial charge is 0.462 e. The van der Waals surface area contributed by atoms with Gasteiger partial charge in [0.2, 0.25) is 0 Å². The van der Waals surface area contributed by atoms with E-state index in [1.165, 1.54) is 0 Å². The van der Waals surface area contributed by atoms with Gasteiger partial charge in [0.25, 0.3) is 0 Å². The summed E-state index contributed by atoms with van der Waals surface area (Å²) in [5, 5.41) is 0. The molecule has 1 aromatic rings. The van der Waals surface area contributed by atoms with Crippen molar-refractivity contribution in [1.82, 2.24) is 0 Å². The smallest absolute Gasteiger partial charge is 0.416 e. The minimum atomic E-state index is -4.61. The molecule has 0 bridgehead atoms. The number of alkyl halides is 3. The molecule has 0 saturated heterocycles. The second-order valence-corrected chi connectivity index (χ2v) is 4.23. The lowest BCUT2D eigenvalue weighted by Gasteiger charge is -2.09. The van der Waals surface area contributed by atoms with Gasteiger partial charge in [0.1, 0.15) is 5.82 Å². The third kappa shape index (κ3) is 3.00. The van der Waals surface area contributed by atoms with Gasteiger partial charge in [0.05, 0.1) is 17.7 Å². The van der Waals surface area contributed by atoms with Crippen LogP contribution in [0.25, 0.3) is 0 Å². The third-order valence-electron chi connectivity index (χ3n) is 2.66. The fourth-order valence-electron chi connectivity index (χ4n) is 1.41. The highest BCUT2D eigenvalue weighted by molar-refractivity contribution is 5.90. The number of hydrogen-bond acceptors (Lipinski definition) is 2. The third-order valence-corrected chi connectivity index (χ3v) is 2.66. The van der Waals surface area contributed by atoms with E-state index in [1.807, 2.05) is 0 Å². The summed E-state index contributed by atoms with van der Waals surface area (Å²) in [7, 11) is 0. The molecule has 0 atom stereocenters. The average molecular weight is 262 g/mol. The van der Waals surface area contributed by atoms with Crippen LogP contribution in [0.3, 0.4) is 0 Å². The average Bonchev–Trinajstić information content (AvgIpc) is 3.08. The normalized spacial score (nSPS) is 15.6. The van der Waals surface area contributed by atoms with Crippen molar-refractivity contribution in [3.63, 3.8) is 0 Å². The van der Waals surface area contributed by atoms with Crippen LogP contribution in [-0.2, 0) is 10.9 Å². The van der Waals surface area contributed by atoms with Crippen molar-refractivity contribution in [2.75, 3.05) is 6.61 Å². The summed E-state index contributed by atoms with van der Waals surface area (Å²) < 4.78 is 55.3. The lowest BCUT2D eigenvalue weighted by Crippen LogP contribution is -2.12. The molecule has 0 amide bonds. The summed E-state index contributed by atoms with van der Waals surface area (Å²) in [6, 6.07) is 1.69. The van der Waals surface area contributed by atoms with Gasteiger partial charge in [-0.2, -0.15) is 13.2 Å². The summed E-state index contributed by atoms with van der Waals surface area (Å²) in [4.78, 5) is 11.4. The first-order chi connectivity index (χ1) is 8.38. The van der Waals surface area contributed by atoms with Gasteiger partial charge in [-0.3, -0.25) is 0 Å². The quantitative estimate of drug-likeness (QED) is 0.616. The molecule has 0 unspecified atom stereocenters. The second-order valence-electron chi connectivity index (χ2n) is 4.23.